The molecule has 1 aromatic rings. The van der Waals surface area contributed by atoms with Gasteiger partial charge in [-0.2, -0.15) is 0 Å². The van der Waals surface area contributed by atoms with Crippen LogP contribution < -0.4 is 4.84 Å². The Bertz CT molecular complexity index is 406. The van der Waals surface area contributed by atoms with Crippen LogP contribution in [0.2, 0.25) is 0 Å². The summed E-state index contributed by atoms with van der Waals surface area (Å²) in [4.78, 5) is 26.9. The summed E-state index contributed by atoms with van der Waals surface area (Å²) in [5.74, 6) is -1.67. The molecule has 0 saturated heterocycles. The van der Waals surface area contributed by atoms with E-state index in [2.05, 4.69) is 4.74 Å². The Labute approximate surface area is 103 Å². The van der Waals surface area contributed by atoms with E-state index in [1.165, 1.54) is 19.2 Å². The Morgan fingerprint density at radius 3 is 2.11 bits per heavy atom. The fourth-order valence-corrected chi connectivity index (χ4v) is 1.28. The van der Waals surface area contributed by atoms with Crippen LogP contribution in [-0.4, -0.2) is 34.0 Å². The first-order chi connectivity index (χ1) is 8.54. The van der Waals surface area contributed by atoms with Crippen molar-refractivity contribution in [3.05, 3.63) is 12.1 Å². The molecule has 7 heteroatoms. The predicted octanol–water partition coefficient (Wildman–Crippen LogP) is 0.588. The van der Waals surface area contributed by atoms with E-state index in [9.17, 15) is 19.8 Å². The van der Waals surface area contributed by atoms with E-state index in [0.29, 0.717) is 17.6 Å². The Balaban J connectivity index is 2.28. The van der Waals surface area contributed by atoms with Gasteiger partial charge >= 0.3 is 11.9 Å². The molecule has 0 fully saturated rings. The van der Waals surface area contributed by atoms with Crippen LogP contribution >= 0.6 is 0 Å². The van der Waals surface area contributed by atoms with Crippen LogP contribution in [0.5, 0.6) is 11.8 Å². The van der Waals surface area contributed by atoms with Crippen molar-refractivity contribution in [2.75, 3.05) is 7.11 Å². The van der Waals surface area contributed by atoms with Crippen molar-refractivity contribution in [3.8, 4) is 11.8 Å². The summed E-state index contributed by atoms with van der Waals surface area (Å²) in [6, 6.07) is 2.39. The van der Waals surface area contributed by atoms with Gasteiger partial charge in [0.15, 0.2) is 0 Å². The first-order valence-electron chi connectivity index (χ1n) is 5.42. The van der Waals surface area contributed by atoms with Crippen LogP contribution in [0.1, 0.15) is 25.7 Å². The molecule has 0 saturated carbocycles. The topological polar surface area (TPSA) is 98.0 Å². The van der Waals surface area contributed by atoms with E-state index < -0.39 is 5.97 Å². The Morgan fingerprint density at radius 2 is 1.61 bits per heavy atom. The Hall–Kier alpha value is -2.18. The number of ether oxygens (including phenoxy) is 1. The van der Waals surface area contributed by atoms with Gasteiger partial charge in [-0.25, -0.2) is 4.79 Å². The lowest BCUT2D eigenvalue weighted by Crippen LogP contribution is -2.18. The number of rotatable bonds is 6. The first kappa shape index (κ1) is 13.9. The minimum absolute atomic E-state index is 0.0774. The molecular formula is C11H15NO6. The molecule has 0 aliphatic rings. The highest BCUT2D eigenvalue weighted by atomic mass is 16.7. The Morgan fingerprint density at radius 1 is 1.11 bits per heavy atom. The third-order valence-electron chi connectivity index (χ3n) is 2.23. The molecule has 1 aromatic heterocycles. The molecule has 0 atom stereocenters. The molecule has 7 nitrogen and oxygen atoms in total. The molecule has 0 bridgehead atoms. The summed E-state index contributed by atoms with van der Waals surface area (Å²) in [5.41, 5.74) is 0. The van der Waals surface area contributed by atoms with Crippen molar-refractivity contribution in [2.45, 2.75) is 25.7 Å². The molecule has 1 rings (SSSR count). The number of aromatic nitrogens is 1. The van der Waals surface area contributed by atoms with Gasteiger partial charge in [-0.15, -0.1) is 4.73 Å². The summed E-state index contributed by atoms with van der Waals surface area (Å²) in [5, 5.41) is 18.4. The third-order valence-corrected chi connectivity index (χ3v) is 2.23. The second-order valence-corrected chi connectivity index (χ2v) is 3.59. The SMILES string of the molecule is COC(=O)CCCCC(=O)On1c(O)ccc1O. The van der Waals surface area contributed by atoms with E-state index in [0.717, 1.165) is 0 Å². The molecule has 100 valence electrons. The van der Waals surface area contributed by atoms with E-state index in [-0.39, 0.29) is 30.6 Å². The first-order valence-corrected chi connectivity index (χ1v) is 5.42. The number of nitrogens with zero attached hydrogens (tertiary/aromatic N) is 1. The van der Waals surface area contributed by atoms with E-state index in [1.54, 1.807) is 0 Å². The standard InChI is InChI=1S/C11H15NO6/c1-17-10(15)4-2-3-5-11(16)18-12-8(13)6-7-9(12)14/h6-7,13-14H,2-5H2,1H3. The number of carbonyl (C=O) groups excluding carboxylic acids is 2. The number of esters is 1. The van der Waals surface area contributed by atoms with Crippen molar-refractivity contribution in [2.24, 2.45) is 0 Å². The fraction of sp³-hybridized carbons (Fsp3) is 0.455. The van der Waals surface area contributed by atoms with Gasteiger partial charge in [-0.05, 0) is 12.8 Å². The fourth-order valence-electron chi connectivity index (χ4n) is 1.28. The molecule has 0 amide bonds. The van der Waals surface area contributed by atoms with Crippen molar-refractivity contribution >= 4 is 11.9 Å². The molecule has 0 aliphatic heterocycles. The van der Waals surface area contributed by atoms with E-state index >= 15 is 0 Å². The normalized spacial score (nSPS) is 10.1. The zero-order valence-corrected chi connectivity index (χ0v) is 9.96. The molecule has 0 spiro atoms. The molecule has 1 heterocycles. The Kier molecular flexibility index (Phi) is 5.04. The summed E-state index contributed by atoms with van der Waals surface area (Å²) in [7, 11) is 1.30. The maximum Gasteiger partial charge on any atom is 0.333 e. The van der Waals surface area contributed by atoms with Crippen LogP contribution in [0.4, 0.5) is 0 Å². The minimum atomic E-state index is -0.610. The maximum atomic E-state index is 11.3. The van der Waals surface area contributed by atoms with Crippen LogP contribution in [0.15, 0.2) is 12.1 Å². The summed E-state index contributed by atoms with van der Waals surface area (Å²) < 4.78 is 5.08. The van der Waals surface area contributed by atoms with Crippen LogP contribution in [0.3, 0.4) is 0 Å². The molecule has 18 heavy (non-hydrogen) atoms. The van der Waals surface area contributed by atoms with Crippen molar-refractivity contribution in [1.29, 1.82) is 0 Å². The van der Waals surface area contributed by atoms with Crippen LogP contribution in [0.25, 0.3) is 0 Å². The second kappa shape index (κ2) is 6.53. The van der Waals surface area contributed by atoms with Gasteiger partial charge in [0.1, 0.15) is 0 Å². The molecule has 0 aromatic carbocycles. The number of aromatic hydroxyl groups is 2. The van der Waals surface area contributed by atoms with Gasteiger partial charge in [0.2, 0.25) is 11.8 Å². The number of hydrogen-bond acceptors (Lipinski definition) is 6. The summed E-state index contributed by atoms with van der Waals surface area (Å²) in [6.07, 6.45) is 1.28. The summed E-state index contributed by atoms with van der Waals surface area (Å²) in [6.45, 7) is 0. The second-order valence-electron chi connectivity index (χ2n) is 3.59. The van der Waals surface area contributed by atoms with Crippen LogP contribution in [0, 0.1) is 0 Å². The van der Waals surface area contributed by atoms with Crippen LogP contribution in [-0.2, 0) is 14.3 Å². The smallest absolute Gasteiger partial charge is 0.333 e. The average molecular weight is 257 g/mol. The van der Waals surface area contributed by atoms with Gasteiger partial charge in [-0.1, -0.05) is 0 Å². The summed E-state index contributed by atoms with van der Waals surface area (Å²) >= 11 is 0. The minimum Gasteiger partial charge on any atom is -0.492 e. The lowest BCUT2D eigenvalue weighted by molar-refractivity contribution is -0.146. The average Bonchev–Trinajstić information content (AvgIpc) is 2.66. The number of unbranched alkanes of at least 4 members (excludes halogenated alkanes) is 1. The van der Waals surface area contributed by atoms with E-state index in [1.807, 2.05) is 0 Å². The maximum absolute atomic E-state index is 11.3. The predicted molar refractivity (Wildman–Crippen MR) is 59.8 cm³/mol. The lowest BCUT2D eigenvalue weighted by atomic mass is 10.2. The monoisotopic (exact) mass is 257 g/mol. The van der Waals surface area contributed by atoms with Gasteiger partial charge in [0.25, 0.3) is 0 Å². The highest BCUT2D eigenvalue weighted by Gasteiger charge is 2.12. The zero-order chi connectivity index (χ0) is 13.5. The molecular weight excluding hydrogens is 242 g/mol. The third kappa shape index (κ3) is 4.00. The number of methoxy groups -OCH3 is 1. The van der Waals surface area contributed by atoms with Crippen molar-refractivity contribution in [3.63, 3.8) is 0 Å². The quantitative estimate of drug-likeness (QED) is 0.571. The molecule has 2 N–H and O–H groups in total. The largest absolute Gasteiger partial charge is 0.492 e. The molecule has 0 radical (unpaired) electrons. The van der Waals surface area contributed by atoms with Crippen molar-refractivity contribution < 1.29 is 29.4 Å². The van der Waals surface area contributed by atoms with Gasteiger partial charge in [-0.3, -0.25) is 4.79 Å². The highest BCUT2D eigenvalue weighted by molar-refractivity contribution is 5.70. The highest BCUT2D eigenvalue weighted by Crippen LogP contribution is 2.18. The lowest BCUT2D eigenvalue weighted by Gasteiger charge is -2.06. The van der Waals surface area contributed by atoms with Gasteiger partial charge in [0, 0.05) is 25.0 Å². The van der Waals surface area contributed by atoms with Crippen molar-refractivity contribution in [1.82, 2.24) is 4.73 Å². The number of carbonyl (C=O) groups is 2. The number of hydrogen-bond donors (Lipinski definition) is 2. The zero-order valence-electron chi connectivity index (χ0n) is 9.96. The van der Waals surface area contributed by atoms with Gasteiger partial charge in [0.05, 0.1) is 7.11 Å². The molecule has 0 aliphatic carbocycles. The molecule has 0 unspecified atom stereocenters. The van der Waals surface area contributed by atoms with Gasteiger partial charge < -0.3 is 19.8 Å². The van der Waals surface area contributed by atoms with E-state index in [4.69, 9.17) is 4.84 Å².